The van der Waals surface area contributed by atoms with E-state index in [0.29, 0.717) is 16.9 Å². The number of carboxylic acid groups (broad SMARTS) is 1. The van der Waals surface area contributed by atoms with Crippen LogP contribution in [0.2, 0.25) is 0 Å². The van der Waals surface area contributed by atoms with Gasteiger partial charge in [-0.3, -0.25) is 0 Å². The summed E-state index contributed by atoms with van der Waals surface area (Å²) in [6.07, 6.45) is 5.89. The van der Waals surface area contributed by atoms with E-state index in [1.807, 2.05) is 6.92 Å². The van der Waals surface area contributed by atoms with Gasteiger partial charge >= 0.3 is 5.97 Å². The van der Waals surface area contributed by atoms with E-state index in [1.165, 1.54) is 18.2 Å². The summed E-state index contributed by atoms with van der Waals surface area (Å²) in [5.74, 6) is -1.50. The molecule has 0 heterocycles. The molecule has 0 saturated heterocycles. The maximum Gasteiger partial charge on any atom is 0.340 e. The average molecular weight is 358 g/mol. The van der Waals surface area contributed by atoms with E-state index in [2.05, 4.69) is 6.92 Å². The van der Waals surface area contributed by atoms with Gasteiger partial charge in [0.05, 0.1) is 6.10 Å². The number of rotatable bonds is 8. The van der Waals surface area contributed by atoms with Crippen molar-refractivity contribution in [1.82, 2.24) is 0 Å². The van der Waals surface area contributed by atoms with Gasteiger partial charge in [-0.15, -0.1) is 0 Å². The molecule has 0 saturated carbocycles. The summed E-state index contributed by atoms with van der Waals surface area (Å²) in [5, 5.41) is 19.5. The smallest absolute Gasteiger partial charge is 0.340 e. The van der Waals surface area contributed by atoms with Crippen molar-refractivity contribution in [2.45, 2.75) is 39.2 Å². The van der Waals surface area contributed by atoms with E-state index in [1.54, 1.807) is 30.4 Å². The Morgan fingerprint density at radius 2 is 1.88 bits per heavy atom. The number of carbonyl (C=O) groups is 1. The van der Waals surface area contributed by atoms with Gasteiger partial charge in [0, 0.05) is 6.07 Å². The van der Waals surface area contributed by atoms with Crippen LogP contribution in [-0.2, 0) is 0 Å². The number of phenols is 1. The molecule has 1 atom stereocenters. The van der Waals surface area contributed by atoms with Gasteiger partial charge in [-0.05, 0) is 42.2 Å². The predicted octanol–water partition coefficient (Wildman–Crippen LogP) is 5.36. The molecule has 0 aliphatic heterocycles. The Morgan fingerprint density at radius 1 is 1.19 bits per heavy atom. The molecule has 0 aromatic heterocycles. The Morgan fingerprint density at radius 3 is 2.46 bits per heavy atom. The largest absolute Gasteiger partial charge is 0.507 e. The third-order valence-corrected chi connectivity index (χ3v) is 4.03. The van der Waals surface area contributed by atoms with E-state index in [9.17, 15) is 19.4 Å². The molecule has 138 valence electrons. The summed E-state index contributed by atoms with van der Waals surface area (Å²) in [4.78, 5) is 11.5. The van der Waals surface area contributed by atoms with Crippen LogP contribution in [0.5, 0.6) is 11.5 Å². The number of aromatic carboxylic acids is 1. The first-order valence-electron chi connectivity index (χ1n) is 8.65. The van der Waals surface area contributed by atoms with Crippen molar-refractivity contribution in [3.8, 4) is 11.5 Å². The Hall–Kier alpha value is -2.82. The minimum absolute atomic E-state index is 0.00371. The molecule has 0 fully saturated rings. The minimum Gasteiger partial charge on any atom is -0.507 e. The summed E-state index contributed by atoms with van der Waals surface area (Å²) in [6, 6.07) is 8.75. The number of carboxylic acids is 1. The van der Waals surface area contributed by atoms with Crippen LogP contribution in [0, 0.1) is 5.82 Å². The monoisotopic (exact) mass is 358 g/mol. The SMILES string of the molecule is CCCC(CC)Oc1cc(O)c(C(=O)O)c(C=Cc2ccc(F)cc2)c1. The summed E-state index contributed by atoms with van der Waals surface area (Å²) < 4.78 is 18.9. The van der Waals surface area contributed by atoms with Gasteiger partial charge in [-0.25, -0.2) is 9.18 Å². The molecule has 0 spiro atoms. The van der Waals surface area contributed by atoms with Crippen LogP contribution in [0.3, 0.4) is 0 Å². The molecule has 2 N–H and O–H groups in total. The quantitative estimate of drug-likeness (QED) is 0.624. The second-order valence-electron chi connectivity index (χ2n) is 6.03. The normalized spacial score (nSPS) is 12.3. The summed E-state index contributed by atoms with van der Waals surface area (Å²) in [6.45, 7) is 4.08. The van der Waals surface area contributed by atoms with Crippen LogP contribution < -0.4 is 4.74 Å². The lowest BCUT2D eigenvalue weighted by molar-refractivity contribution is 0.0693. The topological polar surface area (TPSA) is 66.8 Å². The second-order valence-corrected chi connectivity index (χ2v) is 6.03. The van der Waals surface area contributed by atoms with Crippen molar-refractivity contribution in [3.63, 3.8) is 0 Å². The molecule has 1 unspecified atom stereocenters. The Kier molecular flexibility index (Phi) is 6.78. The first kappa shape index (κ1) is 19.5. The highest BCUT2D eigenvalue weighted by atomic mass is 19.1. The van der Waals surface area contributed by atoms with Crippen molar-refractivity contribution in [3.05, 3.63) is 58.9 Å². The van der Waals surface area contributed by atoms with Crippen molar-refractivity contribution in [2.24, 2.45) is 0 Å². The average Bonchev–Trinajstić information content (AvgIpc) is 2.60. The Labute approximate surface area is 152 Å². The van der Waals surface area contributed by atoms with Crippen LogP contribution in [0.1, 0.15) is 54.6 Å². The van der Waals surface area contributed by atoms with E-state index < -0.39 is 5.97 Å². The van der Waals surface area contributed by atoms with Gasteiger partial charge in [0.2, 0.25) is 0 Å². The number of hydrogen-bond acceptors (Lipinski definition) is 3. The standard InChI is InChI=1S/C21H23FO4/c1-3-5-17(4-2)26-18-12-15(20(21(24)25)19(23)13-18)9-6-14-7-10-16(22)11-8-14/h6-13,17,23H,3-5H2,1-2H3,(H,24,25). The summed E-state index contributed by atoms with van der Waals surface area (Å²) in [5.41, 5.74) is 0.841. The van der Waals surface area contributed by atoms with Gasteiger partial charge < -0.3 is 14.9 Å². The van der Waals surface area contributed by atoms with E-state index in [0.717, 1.165) is 19.3 Å². The Balaban J connectivity index is 2.37. The fourth-order valence-electron chi connectivity index (χ4n) is 2.68. The maximum atomic E-state index is 13.0. The lowest BCUT2D eigenvalue weighted by Gasteiger charge is -2.18. The molecule has 0 bridgehead atoms. The van der Waals surface area contributed by atoms with E-state index in [4.69, 9.17) is 4.74 Å². The van der Waals surface area contributed by atoms with Gasteiger partial charge in [0.1, 0.15) is 22.9 Å². The highest BCUT2D eigenvalue weighted by Gasteiger charge is 2.17. The third-order valence-electron chi connectivity index (χ3n) is 4.03. The molecule has 0 aliphatic carbocycles. The molecule has 0 aliphatic rings. The molecular formula is C21H23FO4. The van der Waals surface area contributed by atoms with Gasteiger partial charge in [-0.2, -0.15) is 0 Å². The summed E-state index contributed by atoms with van der Waals surface area (Å²) in [7, 11) is 0. The van der Waals surface area contributed by atoms with Crippen molar-refractivity contribution in [2.75, 3.05) is 0 Å². The number of ether oxygens (including phenoxy) is 1. The van der Waals surface area contributed by atoms with Gasteiger partial charge in [0.25, 0.3) is 0 Å². The minimum atomic E-state index is -1.23. The first-order valence-corrected chi connectivity index (χ1v) is 8.65. The van der Waals surface area contributed by atoms with E-state index >= 15 is 0 Å². The molecule has 2 rings (SSSR count). The lowest BCUT2D eigenvalue weighted by Crippen LogP contribution is -2.15. The van der Waals surface area contributed by atoms with Crippen LogP contribution in [0.15, 0.2) is 36.4 Å². The molecule has 4 nitrogen and oxygen atoms in total. The van der Waals surface area contributed by atoms with Crippen molar-refractivity contribution in [1.29, 1.82) is 0 Å². The highest BCUT2D eigenvalue weighted by molar-refractivity contribution is 5.96. The molecule has 2 aromatic carbocycles. The molecule has 5 heteroatoms. The molecule has 26 heavy (non-hydrogen) atoms. The zero-order valence-corrected chi connectivity index (χ0v) is 14.9. The zero-order valence-electron chi connectivity index (χ0n) is 14.9. The van der Waals surface area contributed by atoms with Crippen molar-refractivity contribution >= 4 is 18.1 Å². The number of halogens is 1. The first-order chi connectivity index (χ1) is 12.4. The number of aromatic hydroxyl groups is 1. The molecular weight excluding hydrogens is 335 g/mol. The lowest BCUT2D eigenvalue weighted by atomic mass is 10.0. The summed E-state index contributed by atoms with van der Waals surface area (Å²) >= 11 is 0. The van der Waals surface area contributed by atoms with Crippen molar-refractivity contribution < 1.29 is 24.1 Å². The van der Waals surface area contributed by atoms with E-state index in [-0.39, 0.29) is 23.2 Å². The zero-order chi connectivity index (χ0) is 19.1. The highest BCUT2D eigenvalue weighted by Crippen LogP contribution is 2.30. The maximum absolute atomic E-state index is 13.0. The Bertz CT molecular complexity index is 781. The molecule has 0 radical (unpaired) electrons. The molecule has 2 aromatic rings. The van der Waals surface area contributed by atoms with Crippen LogP contribution >= 0.6 is 0 Å². The van der Waals surface area contributed by atoms with Crippen LogP contribution in [0.4, 0.5) is 4.39 Å². The second kappa shape index (κ2) is 9.04. The number of hydrogen-bond donors (Lipinski definition) is 2. The predicted molar refractivity (Wildman–Crippen MR) is 100 cm³/mol. The van der Waals surface area contributed by atoms with Crippen LogP contribution in [0.25, 0.3) is 12.2 Å². The van der Waals surface area contributed by atoms with Crippen LogP contribution in [-0.4, -0.2) is 22.3 Å². The van der Waals surface area contributed by atoms with Gasteiger partial charge in [0.15, 0.2) is 0 Å². The fourth-order valence-corrected chi connectivity index (χ4v) is 2.68. The fraction of sp³-hybridized carbons (Fsp3) is 0.286. The van der Waals surface area contributed by atoms with Gasteiger partial charge in [-0.1, -0.05) is 44.6 Å². The number of benzene rings is 2. The third kappa shape index (κ3) is 5.09. The molecule has 0 amide bonds.